The average Bonchev–Trinajstić information content (AvgIpc) is 3.10. The highest BCUT2D eigenvalue weighted by atomic mass is 14.6. The molecule has 6 aromatic carbocycles. The zero-order valence-electron chi connectivity index (χ0n) is 26.7. The average molecular weight is 592 g/mol. The van der Waals surface area contributed by atoms with Crippen LogP contribution in [0, 0.1) is 11.3 Å². The third-order valence-electron chi connectivity index (χ3n) is 9.78. The van der Waals surface area contributed by atoms with Crippen molar-refractivity contribution >= 4 is 37.9 Å². The highest BCUT2D eigenvalue weighted by molar-refractivity contribution is 6.19. The minimum absolute atomic E-state index is 0.217. The molecule has 0 radical (unpaired) electrons. The van der Waals surface area contributed by atoms with Crippen molar-refractivity contribution < 1.29 is 0 Å². The zero-order valence-corrected chi connectivity index (χ0v) is 26.7. The molecular weight excluding hydrogens is 555 g/mol. The van der Waals surface area contributed by atoms with Crippen molar-refractivity contribution in [1.29, 1.82) is 0 Å². The first kappa shape index (κ1) is 28.2. The first-order chi connectivity index (χ1) is 22.4. The van der Waals surface area contributed by atoms with Crippen LogP contribution in [0.15, 0.2) is 152 Å². The summed E-state index contributed by atoms with van der Waals surface area (Å²) in [6.07, 6.45) is 11.8. The van der Waals surface area contributed by atoms with Crippen LogP contribution in [0.25, 0.3) is 71.3 Å². The highest BCUT2D eigenvalue weighted by Gasteiger charge is 2.27. The quantitative estimate of drug-likeness (QED) is 0.186. The van der Waals surface area contributed by atoms with E-state index in [0.717, 1.165) is 6.42 Å². The molecule has 1 heterocycles. The first-order valence-electron chi connectivity index (χ1n) is 16.3. The Morgan fingerprint density at radius 3 is 1.70 bits per heavy atom. The van der Waals surface area contributed by atoms with Crippen LogP contribution in [-0.4, -0.2) is 4.98 Å². The summed E-state index contributed by atoms with van der Waals surface area (Å²) in [6.45, 7) is 7.06. The molecule has 1 aromatic heterocycles. The van der Waals surface area contributed by atoms with Gasteiger partial charge in [0.15, 0.2) is 0 Å². The number of allylic oxidation sites excluding steroid dienone is 4. The number of rotatable bonds is 4. The number of fused-ring (bicyclic) bond motifs is 3. The normalized spacial score (nSPS) is 15.0. The lowest BCUT2D eigenvalue weighted by Gasteiger charge is -2.31. The second-order valence-corrected chi connectivity index (χ2v) is 13.7. The van der Waals surface area contributed by atoms with Crippen LogP contribution < -0.4 is 0 Å². The Morgan fingerprint density at radius 2 is 1.07 bits per heavy atom. The largest absolute Gasteiger partial charge is 0.265 e. The summed E-state index contributed by atoms with van der Waals surface area (Å²) in [5, 5.41) is 7.76. The zero-order chi connectivity index (χ0) is 31.3. The second kappa shape index (κ2) is 11.3. The van der Waals surface area contributed by atoms with Gasteiger partial charge in [0, 0.05) is 12.4 Å². The predicted octanol–water partition coefficient (Wildman–Crippen LogP) is 12.5. The number of benzene rings is 6. The molecule has 0 saturated heterocycles. The summed E-state index contributed by atoms with van der Waals surface area (Å²) in [7, 11) is 0. The van der Waals surface area contributed by atoms with Crippen LogP contribution in [0.5, 0.6) is 0 Å². The maximum absolute atomic E-state index is 4.18. The molecule has 0 bridgehead atoms. The molecule has 1 aliphatic carbocycles. The van der Waals surface area contributed by atoms with Gasteiger partial charge in [0.1, 0.15) is 0 Å². The molecule has 0 aliphatic heterocycles. The summed E-state index contributed by atoms with van der Waals surface area (Å²) < 4.78 is 0. The summed E-state index contributed by atoms with van der Waals surface area (Å²) in [5.41, 5.74) is 10.4. The van der Waals surface area contributed by atoms with Gasteiger partial charge in [0.2, 0.25) is 0 Å². The van der Waals surface area contributed by atoms with Gasteiger partial charge in [0.05, 0.1) is 0 Å². The molecule has 1 atom stereocenters. The molecule has 0 N–H and O–H groups in total. The lowest BCUT2D eigenvalue weighted by Crippen LogP contribution is -2.20. The SMILES string of the molecule is CC(C)(C)C1C=CC=C(c2c3ccccc3c(-c3ccc4cc(-c5cccc(-c6ccncc6)c5)ccc4c3)c3ccccc23)C1. The Kier molecular flexibility index (Phi) is 6.91. The number of hydrogen-bond acceptors (Lipinski definition) is 1. The van der Waals surface area contributed by atoms with E-state index < -0.39 is 0 Å². The Balaban J connectivity index is 1.25. The molecule has 222 valence electrons. The van der Waals surface area contributed by atoms with Gasteiger partial charge in [-0.15, -0.1) is 0 Å². The Bertz CT molecular complexity index is 2260. The molecule has 0 amide bonds. The summed E-state index contributed by atoms with van der Waals surface area (Å²) in [5.74, 6) is 0.508. The summed E-state index contributed by atoms with van der Waals surface area (Å²) in [4.78, 5) is 4.18. The topological polar surface area (TPSA) is 12.9 Å². The van der Waals surface area contributed by atoms with Gasteiger partial charge < -0.3 is 0 Å². The van der Waals surface area contributed by atoms with Gasteiger partial charge in [-0.25, -0.2) is 0 Å². The molecule has 1 nitrogen and oxygen atoms in total. The standard InChI is InChI=1S/C45H37N/c1-45(2,3)38-13-9-12-36(29-38)43-39-14-4-6-16-41(39)44(42-17-7-5-15-40(42)43)37-21-20-34-27-33(18-19-35(34)28-37)32-11-8-10-31(26-32)30-22-24-46-25-23-30/h4-28,38H,29H2,1-3H3. The fourth-order valence-corrected chi connectivity index (χ4v) is 7.25. The molecule has 46 heavy (non-hydrogen) atoms. The monoisotopic (exact) mass is 591 g/mol. The molecule has 1 aliphatic rings. The van der Waals surface area contributed by atoms with Gasteiger partial charge in [-0.1, -0.05) is 130 Å². The van der Waals surface area contributed by atoms with Gasteiger partial charge in [-0.3, -0.25) is 4.98 Å². The van der Waals surface area contributed by atoms with E-state index in [1.165, 1.54) is 76.8 Å². The molecule has 8 rings (SSSR count). The van der Waals surface area contributed by atoms with E-state index in [4.69, 9.17) is 0 Å². The van der Waals surface area contributed by atoms with Crippen LogP contribution in [0.3, 0.4) is 0 Å². The molecule has 0 spiro atoms. The van der Waals surface area contributed by atoms with E-state index >= 15 is 0 Å². The molecule has 0 saturated carbocycles. The molecule has 1 heteroatoms. The third kappa shape index (κ3) is 5.03. The van der Waals surface area contributed by atoms with Crippen molar-refractivity contribution in [2.45, 2.75) is 27.2 Å². The van der Waals surface area contributed by atoms with E-state index in [1.807, 2.05) is 12.4 Å². The van der Waals surface area contributed by atoms with E-state index in [9.17, 15) is 0 Å². The highest BCUT2D eigenvalue weighted by Crippen LogP contribution is 2.46. The van der Waals surface area contributed by atoms with Crippen LogP contribution in [0.4, 0.5) is 0 Å². The number of nitrogens with zero attached hydrogens (tertiary/aromatic N) is 1. The Hall–Kier alpha value is -5.27. The lowest BCUT2D eigenvalue weighted by atomic mass is 9.73. The maximum atomic E-state index is 4.18. The lowest BCUT2D eigenvalue weighted by molar-refractivity contribution is 0.297. The van der Waals surface area contributed by atoms with Crippen molar-refractivity contribution in [3.8, 4) is 33.4 Å². The minimum atomic E-state index is 0.217. The van der Waals surface area contributed by atoms with Crippen molar-refractivity contribution in [3.05, 3.63) is 158 Å². The van der Waals surface area contributed by atoms with Crippen LogP contribution in [-0.2, 0) is 0 Å². The van der Waals surface area contributed by atoms with Crippen LogP contribution in [0.1, 0.15) is 32.8 Å². The van der Waals surface area contributed by atoms with Crippen molar-refractivity contribution in [1.82, 2.24) is 4.98 Å². The summed E-state index contributed by atoms with van der Waals surface area (Å²) in [6, 6.07) is 44.7. The van der Waals surface area contributed by atoms with E-state index in [0.29, 0.717) is 5.92 Å². The van der Waals surface area contributed by atoms with Gasteiger partial charge in [0.25, 0.3) is 0 Å². The predicted molar refractivity (Wildman–Crippen MR) is 198 cm³/mol. The van der Waals surface area contributed by atoms with E-state index in [1.54, 1.807) is 0 Å². The maximum Gasteiger partial charge on any atom is 0.0273 e. The van der Waals surface area contributed by atoms with Gasteiger partial charge in [-0.05, 0) is 125 Å². The van der Waals surface area contributed by atoms with Gasteiger partial charge in [-0.2, -0.15) is 0 Å². The number of aromatic nitrogens is 1. The molecule has 7 aromatic rings. The Morgan fingerprint density at radius 1 is 0.522 bits per heavy atom. The second-order valence-electron chi connectivity index (χ2n) is 13.7. The third-order valence-corrected chi connectivity index (χ3v) is 9.78. The molecule has 1 unspecified atom stereocenters. The van der Waals surface area contributed by atoms with E-state index in [2.05, 4.69) is 165 Å². The van der Waals surface area contributed by atoms with E-state index in [-0.39, 0.29) is 5.41 Å². The number of hydrogen-bond donors (Lipinski definition) is 0. The van der Waals surface area contributed by atoms with Crippen LogP contribution in [0.2, 0.25) is 0 Å². The summed E-state index contributed by atoms with van der Waals surface area (Å²) >= 11 is 0. The van der Waals surface area contributed by atoms with Crippen molar-refractivity contribution in [2.75, 3.05) is 0 Å². The van der Waals surface area contributed by atoms with Gasteiger partial charge >= 0.3 is 0 Å². The minimum Gasteiger partial charge on any atom is -0.265 e. The van der Waals surface area contributed by atoms with Crippen molar-refractivity contribution in [2.24, 2.45) is 11.3 Å². The fraction of sp³-hybridized carbons (Fsp3) is 0.133. The first-order valence-corrected chi connectivity index (χ1v) is 16.3. The molecule has 0 fully saturated rings. The number of pyridine rings is 1. The van der Waals surface area contributed by atoms with Crippen molar-refractivity contribution in [3.63, 3.8) is 0 Å². The Labute approximate surface area is 271 Å². The van der Waals surface area contributed by atoms with Crippen LogP contribution >= 0.6 is 0 Å². The fourth-order valence-electron chi connectivity index (χ4n) is 7.25. The molecular formula is C45H37N. The smallest absolute Gasteiger partial charge is 0.0273 e.